The summed E-state index contributed by atoms with van der Waals surface area (Å²) in [4.78, 5) is 24.3. The number of amides is 2. The molecule has 1 N–H and O–H groups in total. The molecule has 0 saturated carbocycles. The van der Waals surface area contributed by atoms with Crippen LogP contribution in [0.25, 0.3) is 6.08 Å². The molecule has 90 valence electrons. The van der Waals surface area contributed by atoms with Crippen molar-refractivity contribution in [3.05, 3.63) is 28.6 Å². The van der Waals surface area contributed by atoms with Crippen LogP contribution in [-0.2, 0) is 9.59 Å². The first-order chi connectivity index (χ1) is 8.15. The molecule has 1 saturated heterocycles. The van der Waals surface area contributed by atoms with Crippen LogP contribution in [0.3, 0.4) is 0 Å². The molecule has 1 aromatic heterocycles. The lowest BCUT2D eigenvalue weighted by Gasteiger charge is -2.25. The van der Waals surface area contributed by atoms with Crippen LogP contribution in [0.5, 0.6) is 0 Å². The molecule has 1 aromatic rings. The highest BCUT2D eigenvalue weighted by molar-refractivity contribution is 9.10. The van der Waals surface area contributed by atoms with Gasteiger partial charge in [-0.25, -0.2) is 0 Å². The second-order valence-corrected chi connectivity index (χ2v) is 4.37. The zero-order valence-corrected chi connectivity index (χ0v) is 10.6. The first-order valence-corrected chi connectivity index (χ1v) is 5.93. The summed E-state index contributed by atoms with van der Waals surface area (Å²) in [5.41, 5.74) is 0. The van der Waals surface area contributed by atoms with Gasteiger partial charge in [0, 0.05) is 19.2 Å². The van der Waals surface area contributed by atoms with Gasteiger partial charge in [-0.05, 0) is 34.1 Å². The molecule has 17 heavy (non-hydrogen) atoms. The van der Waals surface area contributed by atoms with E-state index in [1.165, 1.54) is 11.0 Å². The minimum absolute atomic E-state index is 0.116. The summed E-state index contributed by atoms with van der Waals surface area (Å²) in [5.74, 6) is 0.276. The van der Waals surface area contributed by atoms with Gasteiger partial charge in [-0.3, -0.25) is 9.59 Å². The largest absolute Gasteiger partial charge is 0.450 e. The van der Waals surface area contributed by atoms with Gasteiger partial charge in [-0.15, -0.1) is 0 Å². The molecule has 0 bridgehead atoms. The minimum Gasteiger partial charge on any atom is -0.450 e. The minimum atomic E-state index is -0.188. The zero-order chi connectivity index (χ0) is 12.3. The Morgan fingerprint density at radius 1 is 1.53 bits per heavy atom. The summed E-state index contributed by atoms with van der Waals surface area (Å²) in [5, 5.41) is 2.66. The van der Waals surface area contributed by atoms with Crippen molar-refractivity contribution >= 4 is 33.8 Å². The van der Waals surface area contributed by atoms with Crippen molar-refractivity contribution in [2.45, 2.75) is 0 Å². The average Bonchev–Trinajstić information content (AvgIpc) is 2.72. The third-order valence-electron chi connectivity index (χ3n) is 2.33. The number of furan rings is 1. The summed E-state index contributed by atoms with van der Waals surface area (Å²) < 4.78 is 5.84. The van der Waals surface area contributed by atoms with Gasteiger partial charge >= 0.3 is 0 Å². The lowest BCUT2D eigenvalue weighted by molar-refractivity contribution is -0.134. The van der Waals surface area contributed by atoms with E-state index in [1.54, 1.807) is 18.2 Å². The Kier molecular flexibility index (Phi) is 3.63. The van der Waals surface area contributed by atoms with Gasteiger partial charge in [0.05, 0.1) is 6.54 Å². The first-order valence-electron chi connectivity index (χ1n) is 5.14. The summed E-state index contributed by atoms with van der Waals surface area (Å²) >= 11 is 3.17. The predicted octanol–water partition coefficient (Wildman–Crippen LogP) is 1.01. The van der Waals surface area contributed by atoms with Gasteiger partial charge in [-0.1, -0.05) is 0 Å². The third-order valence-corrected chi connectivity index (χ3v) is 2.76. The van der Waals surface area contributed by atoms with Gasteiger partial charge in [0.15, 0.2) is 4.67 Å². The Morgan fingerprint density at radius 3 is 3.00 bits per heavy atom. The van der Waals surface area contributed by atoms with Crippen LogP contribution < -0.4 is 5.32 Å². The SMILES string of the molecule is O=C1CN(C(=O)/C=C/c2ccc(Br)o2)CCN1. The predicted molar refractivity (Wildman–Crippen MR) is 65.0 cm³/mol. The Hall–Kier alpha value is -1.56. The summed E-state index contributed by atoms with van der Waals surface area (Å²) in [6, 6.07) is 3.50. The van der Waals surface area contributed by atoms with Crippen LogP contribution in [-0.4, -0.2) is 36.3 Å². The fraction of sp³-hybridized carbons (Fsp3) is 0.273. The number of piperazine rings is 1. The van der Waals surface area contributed by atoms with Gasteiger partial charge in [0.1, 0.15) is 5.76 Å². The summed E-state index contributed by atoms with van der Waals surface area (Å²) in [6.07, 6.45) is 2.99. The Morgan fingerprint density at radius 2 is 2.35 bits per heavy atom. The highest BCUT2D eigenvalue weighted by Crippen LogP contribution is 2.15. The second kappa shape index (κ2) is 5.18. The Labute approximate surface area is 107 Å². The van der Waals surface area contributed by atoms with E-state index in [1.807, 2.05) is 0 Å². The molecule has 0 aromatic carbocycles. The van der Waals surface area contributed by atoms with E-state index in [0.717, 1.165) is 0 Å². The summed E-state index contributed by atoms with van der Waals surface area (Å²) in [7, 11) is 0. The van der Waals surface area contributed by atoms with Crippen molar-refractivity contribution in [1.82, 2.24) is 10.2 Å². The fourth-order valence-electron chi connectivity index (χ4n) is 1.50. The number of hydrogen-bond donors (Lipinski definition) is 1. The van der Waals surface area contributed by atoms with Crippen molar-refractivity contribution in [1.29, 1.82) is 0 Å². The van der Waals surface area contributed by atoms with Crippen LogP contribution in [0, 0.1) is 0 Å². The Balaban J connectivity index is 1.96. The van der Waals surface area contributed by atoms with Crippen LogP contribution in [0.4, 0.5) is 0 Å². The van der Waals surface area contributed by atoms with E-state index in [2.05, 4.69) is 21.2 Å². The molecular weight excluding hydrogens is 288 g/mol. The molecule has 0 atom stereocenters. The maximum atomic E-state index is 11.7. The number of carbonyl (C=O) groups excluding carboxylic acids is 2. The molecule has 2 amide bonds. The first kappa shape index (κ1) is 11.9. The molecule has 1 fully saturated rings. The average molecular weight is 299 g/mol. The second-order valence-electron chi connectivity index (χ2n) is 3.58. The number of carbonyl (C=O) groups is 2. The van der Waals surface area contributed by atoms with Crippen molar-refractivity contribution in [2.75, 3.05) is 19.6 Å². The molecule has 2 rings (SSSR count). The number of halogens is 1. The molecule has 0 unspecified atom stereocenters. The highest BCUT2D eigenvalue weighted by Gasteiger charge is 2.18. The number of hydrogen-bond acceptors (Lipinski definition) is 3. The molecular formula is C11H11BrN2O3. The highest BCUT2D eigenvalue weighted by atomic mass is 79.9. The van der Waals surface area contributed by atoms with Crippen molar-refractivity contribution < 1.29 is 14.0 Å². The summed E-state index contributed by atoms with van der Waals surface area (Å²) in [6.45, 7) is 1.16. The number of rotatable bonds is 2. The number of nitrogens with zero attached hydrogens (tertiary/aromatic N) is 1. The lowest BCUT2D eigenvalue weighted by atomic mass is 10.3. The van der Waals surface area contributed by atoms with Gasteiger partial charge < -0.3 is 14.6 Å². The lowest BCUT2D eigenvalue weighted by Crippen LogP contribution is -2.49. The van der Waals surface area contributed by atoms with Crippen molar-refractivity contribution in [3.63, 3.8) is 0 Å². The Bertz CT molecular complexity index is 467. The molecule has 1 aliphatic rings. The molecule has 2 heterocycles. The van der Waals surface area contributed by atoms with Crippen LogP contribution >= 0.6 is 15.9 Å². The zero-order valence-electron chi connectivity index (χ0n) is 8.98. The molecule has 0 radical (unpaired) electrons. The fourth-order valence-corrected chi connectivity index (χ4v) is 1.82. The van der Waals surface area contributed by atoms with Crippen molar-refractivity contribution in [3.8, 4) is 0 Å². The van der Waals surface area contributed by atoms with Gasteiger partial charge in [-0.2, -0.15) is 0 Å². The van der Waals surface area contributed by atoms with Crippen LogP contribution in [0.15, 0.2) is 27.3 Å². The maximum Gasteiger partial charge on any atom is 0.247 e. The van der Waals surface area contributed by atoms with Crippen LogP contribution in [0.2, 0.25) is 0 Å². The molecule has 1 aliphatic heterocycles. The van der Waals surface area contributed by atoms with Crippen LogP contribution in [0.1, 0.15) is 5.76 Å². The van der Waals surface area contributed by atoms with Gasteiger partial charge in [0.25, 0.3) is 0 Å². The normalized spacial score (nSPS) is 16.3. The molecule has 0 aliphatic carbocycles. The van der Waals surface area contributed by atoms with E-state index in [-0.39, 0.29) is 18.4 Å². The van der Waals surface area contributed by atoms with E-state index < -0.39 is 0 Å². The van der Waals surface area contributed by atoms with Gasteiger partial charge in [0.2, 0.25) is 11.8 Å². The van der Waals surface area contributed by atoms with E-state index in [9.17, 15) is 9.59 Å². The third kappa shape index (κ3) is 3.20. The smallest absolute Gasteiger partial charge is 0.247 e. The number of nitrogens with one attached hydrogen (secondary N) is 1. The van der Waals surface area contributed by atoms with E-state index in [4.69, 9.17) is 4.42 Å². The molecule has 0 spiro atoms. The topological polar surface area (TPSA) is 62.6 Å². The molecule has 5 nitrogen and oxygen atoms in total. The monoisotopic (exact) mass is 298 g/mol. The van der Waals surface area contributed by atoms with E-state index in [0.29, 0.717) is 23.5 Å². The quantitative estimate of drug-likeness (QED) is 0.829. The molecule has 6 heteroatoms. The van der Waals surface area contributed by atoms with Crippen molar-refractivity contribution in [2.24, 2.45) is 0 Å². The maximum absolute atomic E-state index is 11.7. The van der Waals surface area contributed by atoms with E-state index >= 15 is 0 Å². The standard InChI is InChI=1S/C11H11BrN2O3/c12-9-3-1-8(17-9)2-4-11(16)14-6-5-13-10(15)7-14/h1-4H,5-7H2,(H,13,15)/b4-2+.